The van der Waals surface area contributed by atoms with Crippen LogP contribution in [0.1, 0.15) is 19.5 Å². The second-order valence-electron chi connectivity index (χ2n) is 4.50. The monoisotopic (exact) mass is 223 g/mol. The minimum atomic E-state index is 0.598. The molecular weight excluding hydrogens is 202 g/mol. The van der Waals surface area contributed by atoms with Crippen molar-refractivity contribution >= 4 is 5.82 Å². The molecule has 0 unspecified atom stereocenters. The van der Waals surface area contributed by atoms with Crippen LogP contribution in [0.5, 0.6) is 0 Å². The van der Waals surface area contributed by atoms with E-state index in [4.69, 9.17) is 0 Å². The smallest absolute Gasteiger partial charge is 0.149 e. The van der Waals surface area contributed by atoms with Crippen LogP contribution in [0, 0.1) is 0 Å². The molecule has 2 N–H and O–H groups in total. The highest BCUT2D eigenvalue weighted by Gasteiger charge is 2.21. The normalized spacial score (nSPS) is 16.5. The van der Waals surface area contributed by atoms with Gasteiger partial charge in [0.1, 0.15) is 5.82 Å². The van der Waals surface area contributed by atoms with Gasteiger partial charge in [-0.2, -0.15) is 0 Å². The van der Waals surface area contributed by atoms with E-state index >= 15 is 0 Å². The van der Waals surface area contributed by atoms with E-state index < -0.39 is 0 Å². The Balaban J connectivity index is 2.11. The Labute approximate surface area is 96.8 Å². The van der Waals surface area contributed by atoms with Crippen LogP contribution >= 0.6 is 0 Å². The lowest BCUT2D eigenvalue weighted by molar-refractivity contribution is 0.177. The summed E-state index contributed by atoms with van der Waals surface area (Å²) in [5.74, 6) is 1.01. The van der Waals surface area contributed by atoms with Crippen molar-refractivity contribution < 1.29 is 0 Å². The molecule has 0 atom stereocenters. The first-order chi connectivity index (χ1) is 7.72. The fraction of sp³-hybridized carbons (Fsp3) is 0.727. The van der Waals surface area contributed by atoms with Crippen LogP contribution in [0.25, 0.3) is 0 Å². The summed E-state index contributed by atoms with van der Waals surface area (Å²) in [5, 5.41) is 6.36. The summed E-state index contributed by atoms with van der Waals surface area (Å²) >= 11 is 0. The highest BCUT2D eigenvalue weighted by molar-refractivity contribution is 5.41. The molecule has 16 heavy (non-hydrogen) atoms. The van der Waals surface area contributed by atoms with Gasteiger partial charge in [0.2, 0.25) is 0 Å². The van der Waals surface area contributed by atoms with E-state index in [-0.39, 0.29) is 0 Å². The third-order valence-corrected chi connectivity index (χ3v) is 3.09. The van der Waals surface area contributed by atoms with Gasteiger partial charge in [-0.1, -0.05) is 0 Å². The topological polar surface area (TPSA) is 45.1 Å². The van der Waals surface area contributed by atoms with Crippen molar-refractivity contribution in [3.05, 3.63) is 12.0 Å². The highest BCUT2D eigenvalue weighted by atomic mass is 15.3. The number of nitrogens with one attached hydrogen (secondary N) is 2. The zero-order valence-corrected chi connectivity index (χ0v) is 10.3. The van der Waals surface area contributed by atoms with E-state index in [1.165, 1.54) is 5.69 Å². The molecule has 0 saturated heterocycles. The van der Waals surface area contributed by atoms with Gasteiger partial charge in [0.15, 0.2) is 0 Å². The van der Waals surface area contributed by atoms with Gasteiger partial charge in [-0.15, -0.1) is 0 Å². The van der Waals surface area contributed by atoms with Crippen LogP contribution in [-0.4, -0.2) is 40.8 Å². The van der Waals surface area contributed by atoms with Crippen LogP contribution in [0.2, 0.25) is 0 Å². The molecule has 0 saturated carbocycles. The summed E-state index contributed by atoms with van der Waals surface area (Å²) in [4.78, 5) is 6.89. The van der Waals surface area contributed by atoms with E-state index in [1.807, 2.05) is 13.4 Å². The molecule has 5 nitrogen and oxygen atoms in total. The summed E-state index contributed by atoms with van der Waals surface area (Å²) in [7, 11) is 1.93. The maximum Gasteiger partial charge on any atom is 0.149 e. The zero-order valence-electron chi connectivity index (χ0n) is 10.3. The number of imidazole rings is 1. The van der Waals surface area contributed by atoms with Gasteiger partial charge in [-0.25, -0.2) is 4.98 Å². The number of hydrogen-bond acceptors (Lipinski definition) is 4. The van der Waals surface area contributed by atoms with Gasteiger partial charge < -0.3 is 15.2 Å². The second kappa shape index (κ2) is 4.84. The maximum absolute atomic E-state index is 4.41. The average Bonchev–Trinajstić information content (AvgIpc) is 2.68. The van der Waals surface area contributed by atoms with Crippen LogP contribution in [-0.2, 0) is 13.1 Å². The van der Waals surface area contributed by atoms with Gasteiger partial charge in [-0.3, -0.25) is 4.90 Å². The first-order valence-electron chi connectivity index (χ1n) is 5.89. The first kappa shape index (κ1) is 11.4. The van der Waals surface area contributed by atoms with Crippen molar-refractivity contribution in [2.75, 3.05) is 25.6 Å². The number of rotatable bonds is 4. The molecule has 1 aliphatic rings. The Morgan fingerprint density at radius 2 is 2.25 bits per heavy atom. The van der Waals surface area contributed by atoms with E-state index in [0.29, 0.717) is 6.04 Å². The molecule has 0 fully saturated rings. The third-order valence-electron chi connectivity index (χ3n) is 3.09. The van der Waals surface area contributed by atoms with Gasteiger partial charge in [0.25, 0.3) is 0 Å². The van der Waals surface area contributed by atoms with Crippen LogP contribution in [0.3, 0.4) is 0 Å². The van der Waals surface area contributed by atoms with Crippen molar-refractivity contribution in [1.29, 1.82) is 0 Å². The second-order valence-corrected chi connectivity index (χ2v) is 4.50. The fourth-order valence-electron chi connectivity index (χ4n) is 2.03. The highest BCUT2D eigenvalue weighted by Crippen LogP contribution is 2.21. The van der Waals surface area contributed by atoms with Crippen molar-refractivity contribution in [3.8, 4) is 0 Å². The van der Waals surface area contributed by atoms with Crippen molar-refractivity contribution in [3.63, 3.8) is 0 Å². The number of aromatic nitrogens is 2. The van der Waals surface area contributed by atoms with Gasteiger partial charge in [0, 0.05) is 25.7 Å². The molecule has 0 radical (unpaired) electrons. The quantitative estimate of drug-likeness (QED) is 0.737. The number of nitrogens with zero attached hydrogens (tertiary/aromatic N) is 3. The lowest BCUT2D eigenvalue weighted by atomic mass is 10.2. The number of anilines is 1. The zero-order chi connectivity index (χ0) is 11.5. The van der Waals surface area contributed by atoms with E-state index in [1.54, 1.807) is 0 Å². The minimum Gasteiger partial charge on any atom is -0.356 e. The SMILES string of the molecule is CNCNc1ncn2c1CN(C(C)C)CC2. The molecule has 0 bridgehead atoms. The van der Waals surface area contributed by atoms with Crippen LogP contribution in [0.4, 0.5) is 5.82 Å². The van der Waals surface area contributed by atoms with Crippen molar-refractivity contribution in [1.82, 2.24) is 19.8 Å². The van der Waals surface area contributed by atoms with E-state index in [9.17, 15) is 0 Å². The Bertz CT molecular complexity index is 344. The molecule has 2 heterocycles. The minimum absolute atomic E-state index is 0.598. The molecule has 1 aromatic rings. The molecule has 90 valence electrons. The largest absolute Gasteiger partial charge is 0.356 e. The molecule has 1 aromatic heterocycles. The summed E-state index contributed by atoms with van der Waals surface area (Å²) in [5.41, 5.74) is 1.30. The van der Waals surface area contributed by atoms with Crippen molar-refractivity contribution in [2.24, 2.45) is 0 Å². The molecule has 5 heteroatoms. The van der Waals surface area contributed by atoms with Gasteiger partial charge >= 0.3 is 0 Å². The molecule has 2 rings (SSSR count). The van der Waals surface area contributed by atoms with E-state index in [2.05, 4.69) is 38.9 Å². The van der Waals surface area contributed by atoms with Crippen molar-refractivity contribution in [2.45, 2.75) is 33.0 Å². The van der Waals surface area contributed by atoms with Crippen LogP contribution < -0.4 is 10.6 Å². The Morgan fingerprint density at radius 1 is 1.44 bits per heavy atom. The predicted molar refractivity (Wildman–Crippen MR) is 65.3 cm³/mol. The average molecular weight is 223 g/mol. The first-order valence-corrected chi connectivity index (χ1v) is 5.89. The lowest BCUT2D eigenvalue weighted by Gasteiger charge is -2.31. The summed E-state index contributed by atoms with van der Waals surface area (Å²) < 4.78 is 2.25. The van der Waals surface area contributed by atoms with Crippen LogP contribution in [0.15, 0.2) is 6.33 Å². The van der Waals surface area contributed by atoms with Gasteiger partial charge in [0.05, 0.1) is 18.7 Å². The molecule has 0 aliphatic carbocycles. The molecule has 0 amide bonds. The lowest BCUT2D eigenvalue weighted by Crippen LogP contribution is -2.38. The number of fused-ring (bicyclic) bond motifs is 1. The standard InChI is InChI=1S/C11H21N5/c1-9(2)15-4-5-16-8-14-11(10(16)6-15)13-7-12-3/h8-9,12-13H,4-7H2,1-3H3. The fourth-order valence-corrected chi connectivity index (χ4v) is 2.03. The molecule has 0 aromatic carbocycles. The molecule has 0 spiro atoms. The predicted octanol–water partition coefficient (Wildman–Crippen LogP) is 0.696. The molecular formula is C11H21N5. The Kier molecular flexibility index (Phi) is 3.46. The summed E-state index contributed by atoms with van der Waals surface area (Å²) in [6.45, 7) is 8.39. The summed E-state index contributed by atoms with van der Waals surface area (Å²) in [6, 6.07) is 0.598. The molecule has 1 aliphatic heterocycles. The Hall–Kier alpha value is -1.07. The Morgan fingerprint density at radius 3 is 2.94 bits per heavy atom. The third kappa shape index (κ3) is 2.20. The van der Waals surface area contributed by atoms with Gasteiger partial charge in [-0.05, 0) is 20.9 Å². The van der Waals surface area contributed by atoms with E-state index in [0.717, 1.165) is 32.1 Å². The number of hydrogen-bond donors (Lipinski definition) is 2. The summed E-state index contributed by atoms with van der Waals surface area (Å²) in [6.07, 6.45) is 1.94. The maximum atomic E-state index is 4.41.